The Morgan fingerprint density at radius 2 is 1.71 bits per heavy atom. The van der Waals surface area contributed by atoms with Gasteiger partial charge in [-0.15, -0.1) is 5.10 Å². The first-order chi connectivity index (χ1) is 13.7. The van der Waals surface area contributed by atoms with Crippen molar-refractivity contribution < 1.29 is 9.18 Å². The smallest absolute Gasteiger partial charge is 0.317 e. The minimum atomic E-state index is -0.265. The van der Waals surface area contributed by atoms with Crippen molar-refractivity contribution in [2.24, 2.45) is 11.8 Å². The highest BCUT2D eigenvalue weighted by molar-refractivity contribution is 5.74. The molecule has 2 saturated heterocycles. The Bertz CT molecular complexity index is 838. The first-order valence-corrected chi connectivity index (χ1v) is 10.0. The molecular weight excluding hydrogens is 357 g/mol. The largest absolute Gasteiger partial charge is 0.354 e. The highest BCUT2D eigenvalue weighted by Gasteiger charge is 2.42. The number of carbonyl (C=O) groups excluding carboxylic acids is 1. The maximum Gasteiger partial charge on any atom is 0.317 e. The summed E-state index contributed by atoms with van der Waals surface area (Å²) < 4.78 is 13.0. The Morgan fingerprint density at radius 3 is 2.32 bits per heavy atom. The average molecular weight is 381 g/mol. The van der Waals surface area contributed by atoms with Crippen LogP contribution in [0.25, 0.3) is 0 Å². The van der Waals surface area contributed by atoms with Gasteiger partial charge >= 0.3 is 6.03 Å². The molecule has 2 amide bonds. The number of aromatic nitrogens is 2. The van der Waals surface area contributed by atoms with E-state index in [0.29, 0.717) is 24.3 Å². The van der Waals surface area contributed by atoms with Gasteiger partial charge in [-0.3, -0.25) is 0 Å². The molecule has 0 spiro atoms. The lowest BCUT2D eigenvalue weighted by Crippen LogP contribution is -2.40. The second-order valence-corrected chi connectivity index (χ2v) is 8.21. The van der Waals surface area contributed by atoms with E-state index in [1.807, 2.05) is 4.90 Å². The number of urea groups is 1. The number of amides is 2. The van der Waals surface area contributed by atoms with Crippen LogP contribution in [0.2, 0.25) is 0 Å². The standard InChI is InChI=1S/C21H24FN5O/c22-18-5-1-14(2-6-18)9-23-21(28)27-12-16-10-26(11-17(16)13-27)20-8-7-19(24-25-20)15-3-4-15/h1-2,5-8,15-17H,3-4,9-13H2,(H,23,28). The highest BCUT2D eigenvalue weighted by atomic mass is 19.1. The molecule has 3 fully saturated rings. The first-order valence-electron chi connectivity index (χ1n) is 10.0. The molecule has 1 aromatic carbocycles. The van der Waals surface area contributed by atoms with Crippen LogP contribution >= 0.6 is 0 Å². The number of hydrogen-bond donors (Lipinski definition) is 1. The van der Waals surface area contributed by atoms with Gasteiger partial charge in [0.25, 0.3) is 0 Å². The summed E-state index contributed by atoms with van der Waals surface area (Å²) >= 11 is 0. The Morgan fingerprint density at radius 1 is 1.00 bits per heavy atom. The molecule has 28 heavy (non-hydrogen) atoms. The van der Waals surface area contributed by atoms with Gasteiger partial charge in [-0.1, -0.05) is 12.1 Å². The van der Waals surface area contributed by atoms with Gasteiger partial charge < -0.3 is 15.1 Å². The van der Waals surface area contributed by atoms with Crippen molar-refractivity contribution in [3.63, 3.8) is 0 Å². The number of rotatable bonds is 4. The number of nitrogens with zero attached hydrogens (tertiary/aromatic N) is 4. The van der Waals surface area contributed by atoms with Crippen LogP contribution in [-0.4, -0.2) is 47.3 Å². The fourth-order valence-corrected chi connectivity index (χ4v) is 4.34. The van der Waals surface area contributed by atoms with Crippen molar-refractivity contribution in [3.05, 3.63) is 53.5 Å². The van der Waals surface area contributed by atoms with E-state index in [9.17, 15) is 9.18 Å². The van der Waals surface area contributed by atoms with Gasteiger partial charge in [0.2, 0.25) is 0 Å². The predicted octanol–water partition coefficient (Wildman–Crippen LogP) is 2.77. The highest BCUT2D eigenvalue weighted by Crippen LogP contribution is 2.39. The van der Waals surface area contributed by atoms with Crippen LogP contribution in [-0.2, 0) is 6.54 Å². The maximum absolute atomic E-state index is 13.0. The zero-order valence-electron chi connectivity index (χ0n) is 15.7. The Labute approximate surface area is 163 Å². The van der Waals surface area contributed by atoms with Crippen molar-refractivity contribution in [1.29, 1.82) is 0 Å². The molecule has 1 aliphatic carbocycles. The molecule has 0 bridgehead atoms. The van der Waals surface area contributed by atoms with Crippen LogP contribution in [0, 0.1) is 17.7 Å². The lowest BCUT2D eigenvalue weighted by molar-refractivity contribution is 0.205. The molecule has 5 rings (SSSR count). The number of fused-ring (bicyclic) bond motifs is 1. The lowest BCUT2D eigenvalue weighted by Gasteiger charge is -2.22. The summed E-state index contributed by atoms with van der Waals surface area (Å²) in [6.07, 6.45) is 2.47. The second-order valence-electron chi connectivity index (χ2n) is 8.21. The van der Waals surface area contributed by atoms with Crippen molar-refractivity contribution >= 4 is 11.8 Å². The quantitative estimate of drug-likeness (QED) is 0.885. The summed E-state index contributed by atoms with van der Waals surface area (Å²) in [6, 6.07) is 10.4. The van der Waals surface area contributed by atoms with E-state index in [1.165, 1.54) is 25.0 Å². The van der Waals surface area contributed by atoms with Crippen molar-refractivity contribution in [1.82, 2.24) is 20.4 Å². The Balaban J connectivity index is 1.13. The van der Waals surface area contributed by atoms with E-state index in [-0.39, 0.29) is 11.8 Å². The zero-order chi connectivity index (χ0) is 19.1. The number of likely N-dealkylation sites (tertiary alicyclic amines) is 1. The predicted molar refractivity (Wildman–Crippen MR) is 103 cm³/mol. The summed E-state index contributed by atoms with van der Waals surface area (Å²) in [7, 11) is 0. The van der Waals surface area contributed by atoms with Crippen molar-refractivity contribution in [2.75, 3.05) is 31.1 Å². The monoisotopic (exact) mass is 381 g/mol. The molecule has 1 N–H and O–H groups in total. The van der Waals surface area contributed by atoms with Crippen LogP contribution in [0.5, 0.6) is 0 Å². The number of halogens is 1. The molecule has 1 saturated carbocycles. The van der Waals surface area contributed by atoms with Gasteiger partial charge in [-0.25, -0.2) is 9.18 Å². The van der Waals surface area contributed by atoms with Gasteiger partial charge in [0.1, 0.15) is 5.82 Å². The molecule has 7 heteroatoms. The van der Waals surface area contributed by atoms with E-state index in [4.69, 9.17) is 0 Å². The molecule has 146 valence electrons. The van der Waals surface area contributed by atoms with E-state index < -0.39 is 0 Å². The molecule has 3 aliphatic rings. The van der Waals surface area contributed by atoms with Crippen LogP contribution in [0.3, 0.4) is 0 Å². The fraction of sp³-hybridized carbons (Fsp3) is 0.476. The van der Waals surface area contributed by atoms with Gasteiger partial charge in [0.05, 0.1) is 5.69 Å². The van der Waals surface area contributed by atoms with E-state index in [2.05, 4.69) is 32.5 Å². The Kier molecular flexibility index (Phi) is 4.37. The topological polar surface area (TPSA) is 61.4 Å². The summed E-state index contributed by atoms with van der Waals surface area (Å²) in [5.41, 5.74) is 2.01. The van der Waals surface area contributed by atoms with E-state index >= 15 is 0 Å². The first kappa shape index (κ1) is 17.4. The van der Waals surface area contributed by atoms with Gasteiger partial charge in [0, 0.05) is 50.5 Å². The summed E-state index contributed by atoms with van der Waals surface area (Å²) in [6.45, 7) is 3.79. The van der Waals surface area contributed by atoms with Gasteiger partial charge in [-0.05, 0) is 42.7 Å². The Hall–Kier alpha value is -2.70. The lowest BCUT2D eigenvalue weighted by atomic mass is 10.0. The molecule has 2 aromatic rings. The normalized spacial score (nSPS) is 23.8. The van der Waals surface area contributed by atoms with Gasteiger partial charge in [-0.2, -0.15) is 5.10 Å². The maximum atomic E-state index is 13.0. The van der Waals surface area contributed by atoms with Crippen LogP contribution in [0.15, 0.2) is 36.4 Å². The third kappa shape index (κ3) is 3.53. The minimum Gasteiger partial charge on any atom is -0.354 e. The van der Waals surface area contributed by atoms with E-state index in [0.717, 1.165) is 43.3 Å². The average Bonchev–Trinajstić information content (AvgIpc) is 3.37. The minimum absolute atomic E-state index is 0.0427. The molecule has 2 aliphatic heterocycles. The summed E-state index contributed by atoms with van der Waals surface area (Å²) in [5, 5.41) is 11.8. The number of carbonyl (C=O) groups is 1. The van der Waals surface area contributed by atoms with E-state index in [1.54, 1.807) is 12.1 Å². The van der Waals surface area contributed by atoms with Crippen molar-refractivity contribution in [2.45, 2.75) is 25.3 Å². The fourth-order valence-electron chi connectivity index (χ4n) is 4.34. The number of hydrogen-bond acceptors (Lipinski definition) is 4. The summed E-state index contributed by atoms with van der Waals surface area (Å²) in [5.74, 6) is 2.26. The number of nitrogens with one attached hydrogen (secondary N) is 1. The number of benzene rings is 1. The number of anilines is 1. The van der Waals surface area contributed by atoms with Crippen molar-refractivity contribution in [3.8, 4) is 0 Å². The molecule has 2 atom stereocenters. The van der Waals surface area contributed by atoms with Crippen LogP contribution < -0.4 is 10.2 Å². The molecule has 6 nitrogen and oxygen atoms in total. The second kappa shape index (κ2) is 7.04. The SMILES string of the molecule is O=C(NCc1ccc(F)cc1)N1CC2CN(c3ccc(C4CC4)nn3)CC2C1. The molecule has 2 unspecified atom stereocenters. The van der Waals surface area contributed by atoms with Gasteiger partial charge in [0.15, 0.2) is 5.82 Å². The zero-order valence-corrected chi connectivity index (χ0v) is 15.7. The summed E-state index contributed by atoms with van der Waals surface area (Å²) in [4.78, 5) is 16.7. The molecule has 1 aromatic heterocycles. The molecule has 3 heterocycles. The molecule has 0 radical (unpaired) electrons. The third-order valence-corrected chi connectivity index (χ3v) is 6.12. The third-order valence-electron chi connectivity index (χ3n) is 6.12. The van der Waals surface area contributed by atoms with Crippen LogP contribution in [0.1, 0.15) is 30.0 Å². The van der Waals surface area contributed by atoms with Crippen LogP contribution in [0.4, 0.5) is 15.0 Å². The molecular formula is C21H24FN5O.